The van der Waals surface area contributed by atoms with Gasteiger partial charge in [-0.25, -0.2) is 8.42 Å². The molecule has 0 aliphatic heterocycles. The summed E-state index contributed by atoms with van der Waals surface area (Å²) < 4.78 is 29.0. The van der Waals surface area contributed by atoms with Crippen molar-refractivity contribution in [3.8, 4) is 0 Å². The highest BCUT2D eigenvalue weighted by molar-refractivity contribution is 7.89. The first-order valence-electron chi connectivity index (χ1n) is 4.90. The topological polar surface area (TPSA) is 83.9 Å². The molecule has 0 atom stereocenters. The Morgan fingerprint density at radius 2 is 1.94 bits per heavy atom. The smallest absolute Gasteiger partial charge is 0.322 e. The summed E-state index contributed by atoms with van der Waals surface area (Å²) in [7, 11) is -2.43. The van der Waals surface area contributed by atoms with E-state index in [0.29, 0.717) is 0 Å². The Morgan fingerprint density at radius 3 is 2.31 bits per heavy atom. The number of hydrogen-bond donors (Lipinski definition) is 1. The third-order valence-corrected chi connectivity index (χ3v) is 4.19. The minimum atomic E-state index is -3.75. The maximum Gasteiger partial charge on any atom is 0.322 e. The SMILES string of the molecule is CCOC(=O)CS(=O)(=O)N(C)C(C)(C)CO. The van der Waals surface area contributed by atoms with Gasteiger partial charge >= 0.3 is 5.97 Å². The summed E-state index contributed by atoms with van der Waals surface area (Å²) in [5.74, 6) is -1.50. The second-order valence-corrected chi connectivity index (χ2v) is 6.00. The van der Waals surface area contributed by atoms with Gasteiger partial charge in [0.1, 0.15) is 0 Å². The van der Waals surface area contributed by atoms with Gasteiger partial charge in [-0.15, -0.1) is 0 Å². The van der Waals surface area contributed by atoms with Gasteiger partial charge in [0.25, 0.3) is 0 Å². The molecular formula is C9H19NO5S. The Bertz CT molecular complexity index is 336. The molecule has 0 amide bonds. The summed E-state index contributed by atoms with van der Waals surface area (Å²) in [5.41, 5.74) is -0.939. The van der Waals surface area contributed by atoms with Crippen molar-refractivity contribution in [2.45, 2.75) is 26.3 Å². The third-order valence-electron chi connectivity index (χ3n) is 2.26. The highest BCUT2D eigenvalue weighted by atomic mass is 32.2. The molecule has 0 spiro atoms. The fourth-order valence-electron chi connectivity index (χ4n) is 0.925. The Kier molecular flexibility index (Phi) is 5.37. The molecule has 6 nitrogen and oxygen atoms in total. The molecule has 0 aromatic carbocycles. The van der Waals surface area contributed by atoms with Gasteiger partial charge in [-0.2, -0.15) is 4.31 Å². The van der Waals surface area contributed by atoms with Crippen LogP contribution < -0.4 is 0 Å². The van der Waals surface area contributed by atoms with Crippen LogP contribution in [0.2, 0.25) is 0 Å². The van der Waals surface area contributed by atoms with Crippen molar-refractivity contribution in [1.29, 1.82) is 0 Å². The quantitative estimate of drug-likeness (QED) is 0.650. The zero-order valence-electron chi connectivity index (χ0n) is 10.1. The van der Waals surface area contributed by atoms with E-state index in [4.69, 9.17) is 5.11 Å². The molecule has 0 saturated carbocycles. The van der Waals surface area contributed by atoms with Gasteiger partial charge in [0.05, 0.1) is 18.8 Å². The van der Waals surface area contributed by atoms with Crippen LogP contribution in [0.15, 0.2) is 0 Å². The Labute approximate surface area is 96.2 Å². The fraction of sp³-hybridized carbons (Fsp3) is 0.889. The van der Waals surface area contributed by atoms with Crippen molar-refractivity contribution < 1.29 is 23.1 Å². The Morgan fingerprint density at radius 1 is 1.44 bits per heavy atom. The summed E-state index contributed by atoms with van der Waals surface area (Å²) in [6.07, 6.45) is 0. The molecule has 0 heterocycles. The van der Waals surface area contributed by atoms with Gasteiger partial charge in [-0.3, -0.25) is 4.79 Å². The molecule has 0 aliphatic carbocycles. The molecule has 1 N–H and O–H groups in total. The average molecular weight is 253 g/mol. The number of ether oxygens (including phenoxy) is 1. The van der Waals surface area contributed by atoms with Gasteiger partial charge in [0.2, 0.25) is 10.0 Å². The minimum Gasteiger partial charge on any atom is -0.465 e. The largest absolute Gasteiger partial charge is 0.465 e. The molecule has 0 radical (unpaired) electrons. The third kappa shape index (κ3) is 4.07. The first-order valence-corrected chi connectivity index (χ1v) is 6.51. The number of sulfonamides is 1. The highest BCUT2D eigenvalue weighted by Gasteiger charge is 2.34. The molecule has 96 valence electrons. The van der Waals surface area contributed by atoms with Crippen LogP contribution in [-0.2, 0) is 19.6 Å². The van der Waals surface area contributed by atoms with E-state index in [2.05, 4.69) is 4.74 Å². The number of aliphatic hydroxyl groups is 1. The molecule has 0 saturated heterocycles. The second-order valence-electron chi connectivity index (χ2n) is 4.00. The van der Waals surface area contributed by atoms with Crippen LogP contribution in [0.1, 0.15) is 20.8 Å². The van der Waals surface area contributed by atoms with Crippen molar-refractivity contribution in [3.63, 3.8) is 0 Å². The van der Waals surface area contributed by atoms with E-state index in [1.54, 1.807) is 20.8 Å². The summed E-state index contributed by atoms with van der Waals surface area (Å²) >= 11 is 0. The van der Waals surface area contributed by atoms with E-state index < -0.39 is 27.3 Å². The monoisotopic (exact) mass is 253 g/mol. The predicted molar refractivity (Wildman–Crippen MR) is 59.3 cm³/mol. The van der Waals surface area contributed by atoms with E-state index in [1.807, 2.05) is 0 Å². The molecule has 0 aliphatic rings. The Balaban J connectivity index is 4.74. The van der Waals surface area contributed by atoms with Crippen LogP contribution in [0.3, 0.4) is 0 Å². The first kappa shape index (κ1) is 15.3. The van der Waals surface area contributed by atoms with E-state index in [1.165, 1.54) is 7.05 Å². The first-order chi connectivity index (χ1) is 7.17. The number of esters is 1. The Hall–Kier alpha value is -0.660. The number of carbonyl (C=O) groups is 1. The summed E-state index contributed by atoms with van der Waals surface area (Å²) in [4.78, 5) is 11.1. The molecule has 0 fully saturated rings. The maximum absolute atomic E-state index is 11.7. The summed E-state index contributed by atoms with van der Waals surface area (Å²) in [6, 6.07) is 0. The number of nitrogens with zero attached hydrogens (tertiary/aromatic N) is 1. The van der Waals surface area contributed by atoms with Crippen LogP contribution >= 0.6 is 0 Å². The number of likely N-dealkylation sites (N-methyl/N-ethyl adjacent to an activating group) is 1. The summed E-state index contributed by atoms with van der Waals surface area (Å²) in [5, 5.41) is 9.04. The molecule has 0 aromatic heterocycles. The zero-order valence-corrected chi connectivity index (χ0v) is 10.9. The van der Waals surface area contributed by atoms with E-state index in [9.17, 15) is 13.2 Å². The number of hydrogen-bond acceptors (Lipinski definition) is 5. The lowest BCUT2D eigenvalue weighted by atomic mass is 10.1. The van der Waals surface area contributed by atoms with Crippen LogP contribution in [0.4, 0.5) is 0 Å². The minimum absolute atomic E-state index is 0.140. The van der Waals surface area contributed by atoms with E-state index >= 15 is 0 Å². The second kappa shape index (κ2) is 5.60. The van der Waals surface area contributed by atoms with Crippen molar-refractivity contribution in [2.75, 3.05) is 26.0 Å². The lowest BCUT2D eigenvalue weighted by Crippen LogP contribution is -2.49. The molecule has 7 heteroatoms. The van der Waals surface area contributed by atoms with Crippen molar-refractivity contribution in [2.24, 2.45) is 0 Å². The highest BCUT2D eigenvalue weighted by Crippen LogP contribution is 2.16. The molecule has 0 rings (SSSR count). The zero-order chi connectivity index (χ0) is 13.0. The van der Waals surface area contributed by atoms with E-state index in [0.717, 1.165) is 4.31 Å². The normalized spacial score (nSPS) is 12.9. The average Bonchev–Trinajstić information content (AvgIpc) is 2.16. The van der Waals surface area contributed by atoms with Crippen LogP contribution in [-0.4, -0.2) is 55.4 Å². The molecule has 0 unspecified atom stereocenters. The van der Waals surface area contributed by atoms with Gasteiger partial charge in [0.15, 0.2) is 5.75 Å². The van der Waals surface area contributed by atoms with Gasteiger partial charge < -0.3 is 9.84 Å². The van der Waals surface area contributed by atoms with E-state index in [-0.39, 0.29) is 13.2 Å². The van der Waals surface area contributed by atoms with Gasteiger partial charge in [0, 0.05) is 7.05 Å². The van der Waals surface area contributed by atoms with Crippen LogP contribution in [0.5, 0.6) is 0 Å². The molecule has 16 heavy (non-hydrogen) atoms. The molecule has 0 aromatic rings. The lowest BCUT2D eigenvalue weighted by Gasteiger charge is -2.32. The maximum atomic E-state index is 11.7. The standard InChI is InChI=1S/C9H19NO5S/c1-5-15-8(12)6-16(13,14)10(4)9(2,3)7-11/h11H,5-7H2,1-4H3. The van der Waals surface area contributed by atoms with Crippen molar-refractivity contribution >= 4 is 16.0 Å². The number of rotatable bonds is 6. The van der Waals surface area contributed by atoms with Crippen LogP contribution in [0.25, 0.3) is 0 Å². The predicted octanol–water partition coefficient (Wildman–Crippen LogP) is -0.418. The lowest BCUT2D eigenvalue weighted by molar-refractivity contribution is -0.140. The van der Waals surface area contributed by atoms with Crippen LogP contribution in [0, 0.1) is 0 Å². The number of carbonyl (C=O) groups excluding carboxylic acids is 1. The number of aliphatic hydroxyl groups excluding tert-OH is 1. The van der Waals surface area contributed by atoms with Gasteiger partial charge in [-0.1, -0.05) is 0 Å². The van der Waals surface area contributed by atoms with Crippen molar-refractivity contribution in [1.82, 2.24) is 4.31 Å². The summed E-state index contributed by atoms with van der Waals surface area (Å²) in [6.45, 7) is 4.55. The molecular weight excluding hydrogens is 234 g/mol. The van der Waals surface area contributed by atoms with Gasteiger partial charge in [-0.05, 0) is 20.8 Å². The fourth-order valence-corrected chi connectivity index (χ4v) is 2.31. The van der Waals surface area contributed by atoms with Crippen molar-refractivity contribution in [3.05, 3.63) is 0 Å². The molecule has 0 bridgehead atoms.